The van der Waals surface area contributed by atoms with Crippen molar-refractivity contribution in [1.82, 2.24) is 10.8 Å². The molecule has 0 aliphatic rings. The third-order valence-corrected chi connectivity index (χ3v) is 2.06. The summed E-state index contributed by atoms with van der Waals surface area (Å²) in [5, 5.41) is 2.36. The van der Waals surface area contributed by atoms with Crippen LogP contribution in [0.15, 0.2) is 24.3 Å². The van der Waals surface area contributed by atoms with Crippen molar-refractivity contribution < 1.29 is 19.2 Å². The summed E-state index contributed by atoms with van der Waals surface area (Å²) < 4.78 is 5.21. The van der Waals surface area contributed by atoms with E-state index in [0.29, 0.717) is 5.75 Å². The highest BCUT2D eigenvalue weighted by molar-refractivity contribution is 5.78. The number of benzene rings is 1. The van der Waals surface area contributed by atoms with E-state index in [0.717, 1.165) is 5.56 Å². The second-order valence-corrected chi connectivity index (χ2v) is 3.59. The summed E-state index contributed by atoms with van der Waals surface area (Å²) in [5.74, 6) is -0.184. The van der Waals surface area contributed by atoms with Crippen molar-refractivity contribution in [1.29, 1.82) is 0 Å². The minimum absolute atomic E-state index is 0.170. The molecule has 0 heterocycles. The Hall–Kier alpha value is -2.08. The van der Waals surface area contributed by atoms with Gasteiger partial charge in [-0.15, -0.1) is 0 Å². The first-order valence-electron chi connectivity index (χ1n) is 5.42. The Kier molecular flexibility index (Phi) is 5.66. The fourth-order valence-corrected chi connectivity index (χ4v) is 1.07. The second kappa shape index (κ2) is 7.29. The Balaban J connectivity index is 2.21. The van der Waals surface area contributed by atoms with Gasteiger partial charge in [0, 0.05) is 7.05 Å². The largest absolute Gasteiger partial charge is 0.484 e. The first-order valence-corrected chi connectivity index (χ1v) is 5.42. The molecule has 0 bridgehead atoms. The lowest BCUT2D eigenvalue weighted by molar-refractivity contribution is -0.140. The zero-order valence-electron chi connectivity index (χ0n) is 10.4. The van der Waals surface area contributed by atoms with Gasteiger partial charge in [0.15, 0.2) is 13.2 Å². The molecular weight excluding hydrogens is 236 g/mol. The Morgan fingerprint density at radius 3 is 2.39 bits per heavy atom. The molecule has 1 aromatic carbocycles. The molecule has 0 unspecified atom stereocenters. The van der Waals surface area contributed by atoms with Crippen LogP contribution >= 0.6 is 0 Å². The molecule has 0 fully saturated rings. The number of hydrogen-bond acceptors (Lipinski definition) is 4. The Morgan fingerprint density at radius 1 is 1.11 bits per heavy atom. The van der Waals surface area contributed by atoms with Gasteiger partial charge in [-0.1, -0.05) is 17.7 Å². The quantitative estimate of drug-likeness (QED) is 0.707. The standard InChI is InChI=1S/C12H16N2O4/c1-9-3-5-10(6-4-9)17-7-12(16)14-18-8-11(15)13-2/h3-6H,7-8H2,1-2H3,(H,13,15)(H,14,16). The van der Waals surface area contributed by atoms with E-state index < -0.39 is 5.91 Å². The third kappa shape index (κ3) is 5.31. The number of carbonyl (C=O) groups excluding carboxylic acids is 2. The van der Waals surface area contributed by atoms with E-state index in [2.05, 4.69) is 15.6 Å². The first kappa shape index (κ1) is 14.0. The molecular formula is C12H16N2O4. The maximum atomic E-state index is 11.3. The van der Waals surface area contributed by atoms with Crippen LogP contribution in [0.4, 0.5) is 0 Å². The number of hydroxylamine groups is 1. The van der Waals surface area contributed by atoms with Crippen molar-refractivity contribution in [2.45, 2.75) is 6.92 Å². The van der Waals surface area contributed by atoms with Gasteiger partial charge in [-0.2, -0.15) is 0 Å². The lowest BCUT2D eigenvalue weighted by Crippen LogP contribution is -2.33. The topological polar surface area (TPSA) is 76.7 Å². The summed E-state index contributed by atoms with van der Waals surface area (Å²) in [4.78, 5) is 26.7. The summed E-state index contributed by atoms with van der Waals surface area (Å²) >= 11 is 0. The van der Waals surface area contributed by atoms with Gasteiger partial charge < -0.3 is 10.1 Å². The summed E-state index contributed by atoms with van der Waals surface area (Å²) in [6, 6.07) is 7.31. The molecule has 6 nitrogen and oxygen atoms in total. The normalized spacial score (nSPS) is 9.67. The molecule has 0 saturated carbocycles. The van der Waals surface area contributed by atoms with E-state index in [1.54, 1.807) is 12.1 Å². The van der Waals surface area contributed by atoms with E-state index in [1.165, 1.54) is 7.05 Å². The van der Waals surface area contributed by atoms with Gasteiger partial charge in [0.05, 0.1) is 0 Å². The molecule has 2 N–H and O–H groups in total. The molecule has 0 atom stereocenters. The van der Waals surface area contributed by atoms with E-state index in [1.807, 2.05) is 19.1 Å². The predicted molar refractivity (Wildman–Crippen MR) is 64.8 cm³/mol. The number of aryl methyl sites for hydroxylation is 1. The minimum Gasteiger partial charge on any atom is -0.484 e. The van der Waals surface area contributed by atoms with Crippen molar-refractivity contribution in [3.8, 4) is 5.75 Å². The van der Waals surface area contributed by atoms with Crippen LogP contribution in [-0.2, 0) is 14.4 Å². The number of likely N-dealkylation sites (N-methyl/N-ethyl adjacent to an activating group) is 1. The minimum atomic E-state index is -0.459. The van der Waals surface area contributed by atoms with Crippen LogP contribution in [0.5, 0.6) is 5.75 Å². The van der Waals surface area contributed by atoms with Crippen LogP contribution in [0.2, 0.25) is 0 Å². The molecule has 6 heteroatoms. The molecule has 1 rings (SSSR count). The highest BCUT2D eigenvalue weighted by atomic mass is 16.7. The van der Waals surface area contributed by atoms with Gasteiger partial charge in [0.2, 0.25) is 5.91 Å². The van der Waals surface area contributed by atoms with Gasteiger partial charge in [0.25, 0.3) is 5.91 Å². The summed E-state index contributed by atoms with van der Waals surface area (Å²) in [7, 11) is 1.48. The average molecular weight is 252 g/mol. The zero-order valence-corrected chi connectivity index (χ0v) is 10.4. The maximum absolute atomic E-state index is 11.3. The molecule has 0 aliphatic heterocycles. The Labute approximate surface area is 105 Å². The van der Waals surface area contributed by atoms with E-state index >= 15 is 0 Å². The molecule has 0 aliphatic carbocycles. The van der Waals surface area contributed by atoms with Gasteiger partial charge >= 0.3 is 0 Å². The van der Waals surface area contributed by atoms with Gasteiger partial charge in [0.1, 0.15) is 5.75 Å². The molecule has 98 valence electrons. The summed E-state index contributed by atoms with van der Waals surface area (Å²) in [5.41, 5.74) is 3.22. The number of ether oxygens (including phenoxy) is 1. The Bertz CT molecular complexity index is 403. The molecule has 0 radical (unpaired) electrons. The SMILES string of the molecule is CNC(=O)CONC(=O)COc1ccc(C)cc1. The monoisotopic (exact) mass is 252 g/mol. The molecule has 2 amide bonds. The molecule has 0 aromatic heterocycles. The predicted octanol–water partition coefficient (Wildman–Crippen LogP) is 0.168. The van der Waals surface area contributed by atoms with Crippen LogP contribution < -0.4 is 15.5 Å². The molecule has 1 aromatic rings. The fraction of sp³-hybridized carbons (Fsp3) is 0.333. The molecule has 0 saturated heterocycles. The smallest absolute Gasteiger partial charge is 0.281 e. The van der Waals surface area contributed by atoms with E-state index in [4.69, 9.17) is 4.74 Å². The van der Waals surface area contributed by atoms with Crippen molar-refractivity contribution in [3.05, 3.63) is 29.8 Å². The summed E-state index contributed by atoms with van der Waals surface area (Å²) in [6.07, 6.45) is 0. The highest BCUT2D eigenvalue weighted by Crippen LogP contribution is 2.10. The van der Waals surface area contributed by atoms with Gasteiger partial charge in [-0.3, -0.25) is 14.4 Å². The van der Waals surface area contributed by atoms with Crippen molar-refractivity contribution >= 4 is 11.8 Å². The van der Waals surface area contributed by atoms with Gasteiger partial charge in [-0.05, 0) is 19.1 Å². The average Bonchev–Trinajstić information content (AvgIpc) is 2.38. The third-order valence-electron chi connectivity index (χ3n) is 2.06. The van der Waals surface area contributed by atoms with Crippen LogP contribution in [0.1, 0.15) is 5.56 Å². The second-order valence-electron chi connectivity index (χ2n) is 3.59. The fourth-order valence-electron chi connectivity index (χ4n) is 1.07. The van der Waals surface area contributed by atoms with Gasteiger partial charge in [-0.25, -0.2) is 5.48 Å². The van der Waals surface area contributed by atoms with E-state index in [-0.39, 0.29) is 19.1 Å². The van der Waals surface area contributed by atoms with Crippen LogP contribution in [0.3, 0.4) is 0 Å². The number of amides is 2. The lowest BCUT2D eigenvalue weighted by atomic mass is 10.2. The molecule has 0 spiro atoms. The number of nitrogens with one attached hydrogen (secondary N) is 2. The number of hydrogen-bond donors (Lipinski definition) is 2. The van der Waals surface area contributed by atoms with Crippen molar-refractivity contribution in [2.24, 2.45) is 0 Å². The highest BCUT2D eigenvalue weighted by Gasteiger charge is 2.04. The van der Waals surface area contributed by atoms with Crippen molar-refractivity contribution in [2.75, 3.05) is 20.3 Å². The van der Waals surface area contributed by atoms with Crippen LogP contribution in [-0.4, -0.2) is 32.1 Å². The first-order chi connectivity index (χ1) is 8.61. The lowest BCUT2D eigenvalue weighted by Gasteiger charge is -2.07. The summed E-state index contributed by atoms with van der Waals surface area (Å²) in [6.45, 7) is 1.56. The number of carbonyl (C=O) groups is 2. The van der Waals surface area contributed by atoms with Crippen molar-refractivity contribution in [3.63, 3.8) is 0 Å². The van der Waals surface area contributed by atoms with Crippen LogP contribution in [0.25, 0.3) is 0 Å². The Morgan fingerprint density at radius 2 is 1.78 bits per heavy atom. The maximum Gasteiger partial charge on any atom is 0.281 e. The van der Waals surface area contributed by atoms with Crippen LogP contribution in [0, 0.1) is 6.92 Å². The molecule has 18 heavy (non-hydrogen) atoms. The zero-order chi connectivity index (χ0) is 13.4. The van der Waals surface area contributed by atoms with E-state index in [9.17, 15) is 9.59 Å². The number of rotatable bonds is 6.